The highest BCUT2D eigenvalue weighted by Crippen LogP contribution is 2.45. The highest BCUT2D eigenvalue weighted by atomic mass is 35.5. The molecule has 30 heavy (non-hydrogen) atoms. The molecule has 166 valence electrons. The zero-order chi connectivity index (χ0) is 21.8. The van der Waals surface area contributed by atoms with Gasteiger partial charge in [0.05, 0.1) is 19.8 Å². The molecule has 0 aromatic heterocycles. The van der Waals surface area contributed by atoms with Gasteiger partial charge in [0.1, 0.15) is 11.5 Å². The third-order valence-electron chi connectivity index (χ3n) is 5.95. The van der Waals surface area contributed by atoms with Crippen LogP contribution in [0.4, 0.5) is 0 Å². The molecular weight excluding hydrogens is 400 g/mol. The van der Waals surface area contributed by atoms with E-state index < -0.39 is 0 Å². The molecule has 0 fully saturated rings. The topological polar surface area (TPSA) is 58.9 Å². The lowest BCUT2D eigenvalue weighted by molar-refractivity contribution is 0.0516. The number of hydrogen-bond acceptors (Lipinski definition) is 4. The Morgan fingerprint density at radius 3 is 1.97 bits per heavy atom. The maximum atomic E-state index is 9.73. The molecule has 0 aliphatic carbocycles. The van der Waals surface area contributed by atoms with Gasteiger partial charge >= 0.3 is 0 Å². The van der Waals surface area contributed by atoms with Gasteiger partial charge in [0.2, 0.25) is 0 Å². The van der Waals surface area contributed by atoms with Gasteiger partial charge in [-0.2, -0.15) is 0 Å². The van der Waals surface area contributed by atoms with Gasteiger partial charge in [-0.1, -0.05) is 44.5 Å². The van der Waals surface area contributed by atoms with Gasteiger partial charge in [0.25, 0.3) is 0 Å². The molecule has 5 heteroatoms. The van der Waals surface area contributed by atoms with Crippen LogP contribution in [0.1, 0.15) is 56.6 Å². The molecule has 2 atom stereocenters. The Hall–Kier alpha value is -1.75. The van der Waals surface area contributed by atoms with Crippen molar-refractivity contribution in [2.24, 2.45) is 0 Å². The largest absolute Gasteiger partial charge is 0.508 e. The summed E-state index contributed by atoms with van der Waals surface area (Å²) in [6, 6.07) is 15.2. The summed E-state index contributed by atoms with van der Waals surface area (Å²) < 4.78 is 11.0. The van der Waals surface area contributed by atoms with Gasteiger partial charge in [-0.05, 0) is 66.0 Å². The fourth-order valence-electron chi connectivity index (χ4n) is 3.98. The number of aromatic hydroxyl groups is 2. The SMILES string of the molecule is CC[C@@](C)(c1ccc(O)cc1)[C@H](CCCCOCCOCCCl)c1ccc(O)cc1. The molecule has 2 rings (SSSR count). The van der Waals surface area contributed by atoms with Crippen LogP contribution in [0.3, 0.4) is 0 Å². The predicted octanol–water partition coefficient (Wildman–Crippen LogP) is 5.99. The molecule has 0 bridgehead atoms. The van der Waals surface area contributed by atoms with Crippen LogP contribution in [-0.2, 0) is 14.9 Å². The monoisotopic (exact) mass is 434 g/mol. The molecule has 2 N–H and O–H groups in total. The first-order chi connectivity index (χ1) is 14.5. The fourth-order valence-corrected chi connectivity index (χ4v) is 4.09. The molecule has 0 saturated carbocycles. The zero-order valence-electron chi connectivity index (χ0n) is 18.1. The number of unbranched alkanes of at least 4 members (excludes halogenated alkanes) is 1. The lowest BCUT2D eigenvalue weighted by Crippen LogP contribution is -2.30. The highest BCUT2D eigenvalue weighted by Gasteiger charge is 2.35. The summed E-state index contributed by atoms with van der Waals surface area (Å²) >= 11 is 5.58. The van der Waals surface area contributed by atoms with E-state index in [9.17, 15) is 10.2 Å². The number of phenols is 2. The molecule has 0 aliphatic heterocycles. The van der Waals surface area contributed by atoms with Crippen LogP contribution in [-0.4, -0.2) is 42.5 Å². The molecule has 4 nitrogen and oxygen atoms in total. The fraction of sp³-hybridized carbons (Fsp3) is 0.520. The minimum Gasteiger partial charge on any atom is -0.508 e. The normalized spacial score (nSPS) is 14.4. The molecule has 2 aromatic rings. The summed E-state index contributed by atoms with van der Waals surface area (Å²) in [4.78, 5) is 0. The van der Waals surface area contributed by atoms with E-state index in [0.717, 1.165) is 25.7 Å². The Morgan fingerprint density at radius 2 is 1.40 bits per heavy atom. The van der Waals surface area contributed by atoms with Crippen LogP contribution in [0.5, 0.6) is 11.5 Å². The van der Waals surface area contributed by atoms with Crippen molar-refractivity contribution < 1.29 is 19.7 Å². The van der Waals surface area contributed by atoms with Crippen molar-refractivity contribution in [1.29, 1.82) is 0 Å². The van der Waals surface area contributed by atoms with E-state index in [2.05, 4.69) is 13.8 Å². The second-order valence-electron chi connectivity index (χ2n) is 7.87. The summed E-state index contributed by atoms with van der Waals surface area (Å²) in [5.74, 6) is 1.37. The summed E-state index contributed by atoms with van der Waals surface area (Å²) in [7, 11) is 0. The molecule has 2 aromatic carbocycles. The second kappa shape index (κ2) is 12.8. The number of benzene rings is 2. The quantitative estimate of drug-likeness (QED) is 0.283. The van der Waals surface area contributed by atoms with Crippen LogP contribution >= 0.6 is 11.6 Å². The van der Waals surface area contributed by atoms with Crippen LogP contribution in [0.25, 0.3) is 0 Å². The molecule has 0 aliphatic rings. The van der Waals surface area contributed by atoms with E-state index in [1.54, 1.807) is 24.3 Å². The number of alkyl halides is 1. The van der Waals surface area contributed by atoms with Gasteiger partial charge in [-0.15, -0.1) is 11.6 Å². The third-order valence-corrected chi connectivity index (χ3v) is 6.11. The van der Waals surface area contributed by atoms with Crippen LogP contribution in [0, 0.1) is 0 Å². The van der Waals surface area contributed by atoms with Crippen molar-refractivity contribution in [2.75, 3.05) is 32.3 Å². The van der Waals surface area contributed by atoms with Gasteiger partial charge in [-0.3, -0.25) is 0 Å². The van der Waals surface area contributed by atoms with Gasteiger partial charge in [0, 0.05) is 12.5 Å². The maximum Gasteiger partial charge on any atom is 0.115 e. The van der Waals surface area contributed by atoms with Gasteiger partial charge < -0.3 is 19.7 Å². The van der Waals surface area contributed by atoms with E-state index in [-0.39, 0.29) is 16.9 Å². The molecule has 0 unspecified atom stereocenters. The number of halogens is 1. The van der Waals surface area contributed by atoms with Crippen LogP contribution < -0.4 is 0 Å². The van der Waals surface area contributed by atoms with E-state index in [1.807, 2.05) is 24.3 Å². The Balaban J connectivity index is 2.04. The van der Waals surface area contributed by atoms with Crippen molar-refractivity contribution in [1.82, 2.24) is 0 Å². The van der Waals surface area contributed by atoms with Crippen molar-refractivity contribution in [3.63, 3.8) is 0 Å². The van der Waals surface area contributed by atoms with Crippen LogP contribution in [0.15, 0.2) is 48.5 Å². The molecule has 0 amide bonds. The maximum absolute atomic E-state index is 9.73. The number of hydrogen-bond donors (Lipinski definition) is 2. The van der Waals surface area contributed by atoms with Crippen molar-refractivity contribution in [3.8, 4) is 11.5 Å². The Labute approximate surface area is 185 Å². The van der Waals surface area contributed by atoms with Crippen molar-refractivity contribution >= 4 is 11.6 Å². The molecule has 0 spiro atoms. The minimum atomic E-state index is -0.0824. The van der Waals surface area contributed by atoms with Crippen molar-refractivity contribution in [3.05, 3.63) is 59.7 Å². The average molecular weight is 435 g/mol. The van der Waals surface area contributed by atoms with Gasteiger partial charge in [-0.25, -0.2) is 0 Å². The summed E-state index contributed by atoms with van der Waals surface area (Å²) in [5.41, 5.74) is 2.36. The van der Waals surface area contributed by atoms with Gasteiger partial charge in [0.15, 0.2) is 0 Å². The molecule has 0 heterocycles. The highest BCUT2D eigenvalue weighted by molar-refractivity contribution is 6.17. The molecular formula is C25H35ClO4. The number of rotatable bonds is 14. The second-order valence-corrected chi connectivity index (χ2v) is 8.25. The summed E-state index contributed by atoms with van der Waals surface area (Å²) in [6.45, 7) is 6.96. The van der Waals surface area contributed by atoms with Crippen molar-refractivity contribution in [2.45, 2.75) is 50.9 Å². The minimum absolute atomic E-state index is 0.0824. The van der Waals surface area contributed by atoms with E-state index in [4.69, 9.17) is 21.1 Å². The standard InChI is InChI=1S/C25H35ClO4/c1-3-25(2,21-9-13-23(28)14-10-21)24(20-7-11-22(27)12-8-20)6-4-5-16-29-18-19-30-17-15-26/h7-14,24,27-28H,3-6,15-19H2,1-2H3/t24-,25+/m1/s1. The Morgan fingerprint density at radius 1 is 0.833 bits per heavy atom. The first-order valence-corrected chi connectivity index (χ1v) is 11.3. The Bertz CT molecular complexity index is 717. The van der Waals surface area contributed by atoms with Crippen LogP contribution in [0.2, 0.25) is 0 Å². The predicted molar refractivity (Wildman–Crippen MR) is 123 cm³/mol. The lowest BCUT2D eigenvalue weighted by atomic mass is 9.65. The Kier molecular flexibility index (Phi) is 10.5. The summed E-state index contributed by atoms with van der Waals surface area (Å²) in [5, 5.41) is 19.5. The lowest BCUT2D eigenvalue weighted by Gasteiger charge is -2.38. The number of ether oxygens (including phenoxy) is 2. The molecule has 0 radical (unpaired) electrons. The average Bonchev–Trinajstić information content (AvgIpc) is 2.76. The van der Waals surface area contributed by atoms with E-state index >= 15 is 0 Å². The first-order valence-electron chi connectivity index (χ1n) is 10.8. The summed E-state index contributed by atoms with van der Waals surface area (Å²) in [6.07, 6.45) is 4.01. The smallest absolute Gasteiger partial charge is 0.115 e. The zero-order valence-corrected chi connectivity index (χ0v) is 18.9. The first kappa shape index (κ1) is 24.5. The van der Waals surface area contributed by atoms with E-state index in [0.29, 0.717) is 38.2 Å². The third kappa shape index (κ3) is 7.19. The number of phenolic OH excluding ortho intramolecular Hbond substituents is 2. The molecule has 0 saturated heterocycles. The van der Waals surface area contributed by atoms with E-state index in [1.165, 1.54) is 11.1 Å².